The molecule has 0 radical (unpaired) electrons. The average Bonchev–Trinajstić information content (AvgIpc) is 2.77. The van der Waals surface area contributed by atoms with Crippen molar-refractivity contribution < 1.29 is 0 Å². The number of fused-ring (bicyclic) bond motifs is 1. The second kappa shape index (κ2) is 4.76. The molecule has 0 bridgehead atoms. The number of halogens is 1. The van der Waals surface area contributed by atoms with E-state index < -0.39 is 0 Å². The fourth-order valence-electron chi connectivity index (χ4n) is 2.44. The fourth-order valence-corrected chi connectivity index (χ4v) is 3.11. The molecule has 2 aromatic carbocycles. The summed E-state index contributed by atoms with van der Waals surface area (Å²) in [4.78, 5) is 0. The van der Waals surface area contributed by atoms with E-state index in [2.05, 4.69) is 88.7 Å². The van der Waals surface area contributed by atoms with Crippen LogP contribution in [0.4, 0.5) is 0 Å². The van der Waals surface area contributed by atoms with Crippen LogP contribution in [0.2, 0.25) is 0 Å². The van der Waals surface area contributed by atoms with E-state index in [4.69, 9.17) is 0 Å². The van der Waals surface area contributed by atoms with E-state index >= 15 is 0 Å². The summed E-state index contributed by atoms with van der Waals surface area (Å²) in [6.07, 6.45) is 0. The van der Waals surface area contributed by atoms with Crippen molar-refractivity contribution in [1.82, 2.24) is 4.57 Å². The first-order valence-electron chi connectivity index (χ1n) is 6.14. The van der Waals surface area contributed by atoms with E-state index in [-0.39, 0.29) is 0 Å². The van der Waals surface area contributed by atoms with E-state index in [0.29, 0.717) is 0 Å². The van der Waals surface area contributed by atoms with Crippen molar-refractivity contribution in [1.29, 1.82) is 0 Å². The Hall–Kier alpha value is -1.29. The van der Waals surface area contributed by atoms with Gasteiger partial charge in [-0.2, -0.15) is 0 Å². The van der Waals surface area contributed by atoms with Gasteiger partial charge in [-0.15, -0.1) is 0 Å². The number of hydrogen-bond acceptors (Lipinski definition) is 0. The Labute approximate surface area is 121 Å². The van der Waals surface area contributed by atoms with Gasteiger partial charge in [0.05, 0.1) is 5.69 Å². The van der Waals surface area contributed by atoms with Crippen molar-refractivity contribution in [3.8, 4) is 11.3 Å². The molecule has 0 saturated carbocycles. The number of rotatable bonds is 2. The van der Waals surface area contributed by atoms with Crippen LogP contribution in [0, 0.1) is 3.57 Å². The first-order valence-corrected chi connectivity index (χ1v) is 7.22. The number of para-hydroxylation sites is 1. The Morgan fingerprint density at radius 2 is 1.72 bits per heavy atom. The molecule has 3 aromatic rings. The topological polar surface area (TPSA) is 4.93 Å². The zero-order valence-electron chi connectivity index (χ0n) is 10.2. The monoisotopic (exact) mass is 347 g/mol. The van der Waals surface area contributed by atoms with Crippen LogP contribution in [0.3, 0.4) is 0 Å². The first kappa shape index (κ1) is 11.8. The van der Waals surface area contributed by atoms with Crippen molar-refractivity contribution in [3.63, 3.8) is 0 Å². The number of aryl methyl sites for hydroxylation is 1. The normalized spacial score (nSPS) is 11.0. The van der Waals surface area contributed by atoms with E-state index in [0.717, 1.165) is 6.54 Å². The van der Waals surface area contributed by atoms with E-state index in [1.807, 2.05) is 0 Å². The maximum Gasteiger partial charge on any atom is 0.0501 e. The van der Waals surface area contributed by atoms with E-state index in [1.54, 1.807) is 0 Å². The van der Waals surface area contributed by atoms with Gasteiger partial charge >= 0.3 is 0 Å². The second-order valence-corrected chi connectivity index (χ2v) is 5.47. The molecule has 0 atom stereocenters. The summed E-state index contributed by atoms with van der Waals surface area (Å²) >= 11 is 2.41. The maximum absolute atomic E-state index is 2.41. The molecule has 1 aromatic heterocycles. The van der Waals surface area contributed by atoms with Gasteiger partial charge in [-0.05, 0) is 47.7 Å². The average molecular weight is 347 g/mol. The lowest BCUT2D eigenvalue weighted by Crippen LogP contribution is -1.97. The SMILES string of the molecule is CCn1c(-c2ccccc2I)cc2ccccc21. The van der Waals surface area contributed by atoms with Gasteiger partial charge < -0.3 is 4.57 Å². The molecule has 0 amide bonds. The molecule has 0 N–H and O–H groups in total. The van der Waals surface area contributed by atoms with Crippen LogP contribution in [0.15, 0.2) is 54.6 Å². The zero-order valence-corrected chi connectivity index (χ0v) is 12.4. The molecule has 1 heterocycles. The minimum Gasteiger partial charge on any atom is -0.341 e. The summed E-state index contributed by atoms with van der Waals surface area (Å²) in [6.45, 7) is 3.19. The van der Waals surface area contributed by atoms with E-state index in [9.17, 15) is 0 Å². The lowest BCUT2D eigenvalue weighted by molar-refractivity contribution is 0.805. The molecule has 3 rings (SSSR count). The van der Waals surface area contributed by atoms with Crippen molar-refractivity contribution >= 4 is 33.5 Å². The molecule has 90 valence electrons. The molecule has 0 fully saturated rings. The van der Waals surface area contributed by atoms with Crippen molar-refractivity contribution in [2.45, 2.75) is 13.5 Å². The van der Waals surface area contributed by atoms with Gasteiger partial charge in [0.2, 0.25) is 0 Å². The molecule has 0 spiro atoms. The van der Waals surface area contributed by atoms with Gasteiger partial charge in [-0.25, -0.2) is 0 Å². The third kappa shape index (κ3) is 1.85. The highest BCUT2D eigenvalue weighted by atomic mass is 127. The summed E-state index contributed by atoms with van der Waals surface area (Å²) in [5.74, 6) is 0. The summed E-state index contributed by atoms with van der Waals surface area (Å²) < 4.78 is 3.68. The molecule has 0 aliphatic heterocycles. The molecular weight excluding hydrogens is 333 g/mol. The van der Waals surface area contributed by atoms with Crippen LogP contribution < -0.4 is 0 Å². The van der Waals surface area contributed by atoms with Gasteiger partial charge in [0.1, 0.15) is 0 Å². The highest BCUT2D eigenvalue weighted by Crippen LogP contribution is 2.30. The Morgan fingerprint density at radius 3 is 2.50 bits per heavy atom. The lowest BCUT2D eigenvalue weighted by atomic mass is 10.1. The largest absolute Gasteiger partial charge is 0.341 e. The van der Waals surface area contributed by atoms with Crippen molar-refractivity contribution in [3.05, 3.63) is 58.2 Å². The maximum atomic E-state index is 2.41. The third-order valence-electron chi connectivity index (χ3n) is 3.28. The molecule has 0 unspecified atom stereocenters. The summed E-state index contributed by atoms with van der Waals surface area (Å²) in [5.41, 5.74) is 3.94. The van der Waals surface area contributed by atoms with Gasteiger partial charge in [0, 0.05) is 26.6 Å². The molecule has 0 aliphatic rings. The standard InChI is InChI=1S/C16H14IN/c1-2-18-15-10-6-3-7-12(15)11-16(18)13-8-4-5-9-14(13)17/h3-11H,2H2,1H3. The number of benzene rings is 2. The first-order chi connectivity index (χ1) is 8.81. The number of aromatic nitrogens is 1. The number of nitrogens with zero attached hydrogens (tertiary/aromatic N) is 1. The van der Waals surface area contributed by atoms with Crippen LogP contribution in [-0.2, 0) is 6.54 Å². The van der Waals surface area contributed by atoms with Crippen molar-refractivity contribution in [2.24, 2.45) is 0 Å². The molecular formula is C16H14IN. The predicted octanol–water partition coefficient (Wildman–Crippen LogP) is 4.93. The highest BCUT2D eigenvalue weighted by Gasteiger charge is 2.10. The summed E-state index contributed by atoms with van der Waals surface area (Å²) in [6, 6.07) is 19.4. The van der Waals surface area contributed by atoms with Gasteiger partial charge in [0.25, 0.3) is 0 Å². The smallest absolute Gasteiger partial charge is 0.0501 e. The summed E-state index contributed by atoms with van der Waals surface area (Å²) in [7, 11) is 0. The zero-order chi connectivity index (χ0) is 12.5. The Balaban J connectivity index is 2.32. The molecule has 0 aliphatic carbocycles. The quantitative estimate of drug-likeness (QED) is 0.579. The fraction of sp³-hybridized carbons (Fsp3) is 0.125. The van der Waals surface area contributed by atoms with Crippen molar-refractivity contribution in [2.75, 3.05) is 0 Å². The van der Waals surface area contributed by atoms with Crippen LogP contribution in [-0.4, -0.2) is 4.57 Å². The number of hydrogen-bond donors (Lipinski definition) is 0. The van der Waals surface area contributed by atoms with Gasteiger partial charge in [0.15, 0.2) is 0 Å². The van der Waals surface area contributed by atoms with Crippen LogP contribution in [0.25, 0.3) is 22.2 Å². The molecule has 2 heteroatoms. The van der Waals surface area contributed by atoms with Gasteiger partial charge in [-0.1, -0.05) is 36.4 Å². The summed E-state index contributed by atoms with van der Waals surface area (Å²) in [5, 5.41) is 1.31. The lowest BCUT2D eigenvalue weighted by Gasteiger charge is -2.09. The van der Waals surface area contributed by atoms with E-state index in [1.165, 1.54) is 25.7 Å². The molecule has 0 saturated heterocycles. The van der Waals surface area contributed by atoms with Crippen LogP contribution in [0.1, 0.15) is 6.92 Å². The Bertz CT molecular complexity index is 697. The minimum absolute atomic E-state index is 0.994. The third-order valence-corrected chi connectivity index (χ3v) is 4.22. The van der Waals surface area contributed by atoms with Gasteiger partial charge in [-0.3, -0.25) is 0 Å². The van der Waals surface area contributed by atoms with Crippen LogP contribution in [0.5, 0.6) is 0 Å². The highest BCUT2D eigenvalue weighted by molar-refractivity contribution is 14.1. The van der Waals surface area contributed by atoms with Crippen LogP contribution >= 0.6 is 22.6 Å². The predicted molar refractivity (Wildman–Crippen MR) is 85.8 cm³/mol. The molecule has 18 heavy (non-hydrogen) atoms. The molecule has 1 nitrogen and oxygen atoms in total. The Morgan fingerprint density at radius 1 is 1.00 bits per heavy atom. The Kier molecular flexibility index (Phi) is 3.12. The second-order valence-electron chi connectivity index (χ2n) is 4.31. The minimum atomic E-state index is 0.994.